The minimum Gasteiger partial charge on any atom is -0.323 e. The number of nitrogens with one attached hydrogen (secondary N) is 2. The van der Waals surface area contributed by atoms with Gasteiger partial charge in [-0.1, -0.05) is 11.3 Å². The zero-order valence-corrected chi connectivity index (χ0v) is 11.6. The van der Waals surface area contributed by atoms with Crippen LogP contribution in [0.4, 0.5) is 20.9 Å². The molecular formula is C8H7FN6O4S2. The van der Waals surface area contributed by atoms with E-state index in [0.29, 0.717) is 6.07 Å². The molecule has 0 spiro atoms. The van der Waals surface area contributed by atoms with Gasteiger partial charge in [0.1, 0.15) is 10.4 Å². The molecule has 1 aromatic carbocycles. The summed E-state index contributed by atoms with van der Waals surface area (Å²) < 4.78 is 40.1. The maximum absolute atomic E-state index is 13.9. The number of halogens is 1. The summed E-state index contributed by atoms with van der Waals surface area (Å²) in [5, 5.41) is 17.4. The first-order valence-electron chi connectivity index (χ1n) is 5.08. The van der Waals surface area contributed by atoms with Crippen molar-refractivity contribution < 1.29 is 17.7 Å². The Bertz CT molecular complexity index is 778. The van der Waals surface area contributed by atoms with Crippen LogP contribution in [0.1, 0.15) is 0 Å². The second kappa shape index (κ2) is 5.55. The second-order valence-electron chi connectivity index (χ2n) is 3.56. The lowest BCUT2D eigenvalue weighted by Crippen LogP contribution is -2.19. The summed E-state index contributed by atoms with van der Waals surface area (Å²) in [5.41, 5.74) is 2.09. The van der Waals surface area contributed by atoms with E-state index < -0.39 is 37.0 Å². The Balaban J connectivity index is 2.54. The van der Waals surface area contributed by atoms with E-state index in [1.807, 2.05) is 10.1 Å². The molecule has 0 saturated heterocycles. The first kappa shape index (κ1) is 15.0. The molecule has 0 saturated carbocycles. The average Bonchev–Trinajstić information content (AvgIpc) is 2.89. The number of nitrogen functional groups attached to an aromatic ring is 1. The Hall–Kier alpha value is -2.38. The van der Waals surface area contributed by atoms with Crippen molar-refractivity contribution in [1.82, 2.24) is 10.2 Å². The third-order valence-corrected chi connectivity index (χ3v) is 4.40. The summed E-state index contributed by atoms with van der Waals surface area (Å²) >= 11 is 0.877. The maximum atomic E-state index is 13.9. The van der Waals surface area contributed by atoms with E-state index in [1.165, 1.54) is 5.51 Å². The molecular weight excluding hydrogens is 327 g/mol. The number of hydrazine groups is 1. The molecule has 1 heterocycles. The fourth-order valence-electron chi connectivity index (χ4n) is 1.45. The molecule has 0 unspecified atom stereocenters. The number of hydrogen-bond acceptors (Lipinski definition) is 9. The zero-order valence-electron chi connectivity index (χ0n) is 9.98. The van der Waals surface area contributed by atoms with E-state index in [9.17, 15) is 22.9 Å². The van der Waals surface area contributed by atoms with Crippen molar-refractivity contribution in [3.63, 3.8) is 0 Å². The van der Waals surface area contributed by atoms with Gasteiger partial charge >= 0.3 is 0 Å². The van der Waals surface area contributed by atoms with Crippen LogP contribution in [0.25, 0.3) is 0 Å². The fraction of sp³-hybridized carbons (Fsp3) is 0. The summed E-state index contributed by atoms with van der Waals surface area (Å²) in [6.45, 7) is 0. The molecule has 0 radical (unpaired) electrons. The highest BCUT2D eigenvalue weighted by atomic mass is 32.2. The molecule has 13 heteroatoms. The molecule has 0 aliphatic carbocycles. The Morgan fingerprint density at radius 3 is 2.67 bits per heavy atom. The van der Waals surface area contributed by atoms with Crippen molar-refractivity contribution in [2.24, 2.45) is 5.84 Å². The van der Waals surface area contributed by atoms with Crippen LogP contribution >= 0.6 is 11.3 Å². The number of nitro benzene ring substituents is 1. The number of hydrogen-bond donors (Lipinski definition) is 3. The molecule has 0 atom stereocenters. The average molecular weight is 334 g/mol. The smallest absolute Gasteiger partial charge is 0.274 e. The largest absolute Gasteiger partial charge is 0.323 e. The summed E-state index contributed by atoms with van der Waals surface area (Å²) in [6, 6.07) is 1.28. The van der Waals surface area contributed by atoms with Crippen molar-refractivity contribution in [3.05, 3.63) is 33.6 Å². The number of nitro groups is 1. The molecule has 10 nitrogen and oxygen atoms in total. The first-order valence-corrected chi connectivity index (χ1v) is 7.45. The number of non-ortho nitro benzene ring substituents is 1. The van der Waals surface area contributed by atoms with E-state index in [4.69, 9.17) is 5.84 Å². The number of benzene rings is 1. The maximum Gasteiger partial charge on any atom is 0.274 e. The van der Waals surface area contributed by atoms with Crippen LogP contribution < -0.4 is 16.0 Å². The van der Waals surface area contributed by atoms with Crippen LogP contribution in [0.3, 0.4) is 0 Å². The van der Waals surface area contributed by atoms with Crippen LogP contribution in [0, 0.1) is 15.9 Å². The third kappa shape index (κ3) is 3.04. The van der Waals surface area contributed by atoms with Gasteiger partial charge < -0.3 is 5.43 Å². The molecule has 0 aliphatic rings. The zero-order chi connectivity index (χ0) is 15.6. The predicted octanol–water partition coefficient (Wildman–Crippen LogP) is 0.672. The highest BCUT2D eigenvalue weighted by molar-refractivity contribution is 7.93. The van der Waals surface area contributed by atoms with Crippen LogP contribution in [-0.4, -0.2) is 23.5 Å². The highest BCUT2D eigenvalue weighted by Crippen LogP contribution is 2.30. The molecule has 0 bridgehead atoms. The lowest BCUT2D eigenvalue weighted by molar-refractivity contribution is -0.385. The molecule has 0 amide bonds. The van der Waals surface area contributed by atoms with E-state index in [0.717, 1.165) is 17.4 Å². The number of sulfonamides is 1. The number of anilines is 2. The number of nitrogens with two attached hydrogens (primary N) is 1. The lowest BCUT2D eigenvalue weighted by Gasteiger charge is -2.11. The minimum atomic E-state index is -4.38. The van der Waals surface area contributed by atoms with Crippen LogP contribution in [0.15, 0.2) is 22.5 Å². The van der Waals surface area contributed by atoms with Crippen molar-refractivity contribution in [2.45, 2.75) is 4.90 Å². The van der Waals surface area contributed by atoms with Gasteiger partial charge in [-0.25, -0.2) is 12.8 Å². The van der Waals surface area contributed by atoms with Gasteiger partial charge in [0, 0.05) is 6.07 Å². The van der Waals surface area contributed by atoms with Gasteiger partial charge in [0.15, 0.2) is 5.82 Å². The Morgan fingerprint density at radius 1 is 1.43 bits per heavy atom. The van der Waals surface area contributed by atoms with Crippen LogP contribution in [0.2, 0.25) is 0 Å². The molecule has 2 aromatic rings. The van der Waals surface area contributed by atoms with Gasteiger partial charge in [0.2, 0.25) is 5.13 Å². The van der Waals surface area contributed by atoms with Crippen LogP contribution in [-0.2, 0) is 10.0 Å². The van der Waals surface area contributed by atoms with Crippen molar-refractivity contribution >= 4 is 37.9 Å². The molecule has 0 aliphatic heterocycles. The molecule has 0 fully saturated rings. The van der Waals surface area contributed by atoms with Gasteiger partial charge in [-0.05, 0) is 0 Å². The second-order valence-corrected chi connectivity index (χ2v) is 6.01. The van der Waals surface area contributed by atoms with Gasteiger partial charge in [-0.15, -0.1) is 10.2 Å². The normalized spacial score (nSPS) is 11.1. The van der Waals surface area contributed by atoms with E-state index in [-0.39, 0.29) is 5.13 Å². The summed E-state index contributed by atoms with van der Waals surface area (Å²) in [6.07, 6.45) is 0. The predicted molar refractivity (Wildman–Crippen MR) is 71.6 cm³/mol. The number of aromatic nitrogens is 2. The molecule has 21 heavy (non-hydrogen) atoms. The fourth-order valence-corrected chi connectivity index (χ4v) is 3.35. The summed E-state index contributed by atoms with van der Waals surface area (Å²) in [7, 11) is -4.38. The summed E-state index contributed by atoms with van der Waals surface area (Å²) in [4.78, 5) is 8.89. The topological polar surface area (TPSA) is 153 Å². The van der Waals surface area contributed by atoms with Crippen molar-refractivity contribution in [1.29, 1.82) is 0 Å². The van der Waals surface area contributed by atoms with Gasteiger partial charge in [-0.2, -0.15) is 0 Å². The SMILES string of the molecule is NNc1cc([N+](=O)[O-])cc(F)c1S(=O)(=O)Nc1nncs1. The molecule has 112 valence electrons. The minimum absolute atomic E-state index is 0.0873. The quantitative estimate of drug-likeness (QED) is 0.409. The van der Waals surface area contributed by atoms with Crippen LogP contribution in [0.5, 0.6) is 0 Å². The van der Waals surface area contributed by atoms with Crippen molar-refractivity contribution in [2.75, 3.05) is 10.1 Å². The third-order valence-electron chi connectivity index (χ3n) is 2.25. The Morgan fingerprint density at radius 2 is 2.14 bits per heavy atom. The van der Waals surface area contributed by atoms with E-state index >= 15 is 0 Å². The van der Waals surface area contributed by atoms with Gasteiger partial charge in [-0.3, -0.25) is 20.7 Å². The number of rotatable bonds is 5. The highest BCUT2D eigenvalue weighted by Gasteiger charge is 2.27. The first-order chi connectivity index (χ1) is 9.85. The Kier molecular flexibility index (Phi) is 3.97. The van der Waals surface area contributed by atoms with Gasteiger partial charge in [0.25, 0.3) is 15.7 Å². The number of nitrogens with zero attached hydrogens (tertiary/aromatic N) is 3. The molecule has 4 N–H and O–H groups in total. The molecule has 2 rings (SSSR count). The molecule has 1 aromatic heterocycles. The lowest BCUT2D eigenvalue weighted by atomic mass is 10.3. The summed E-state index contributed by atoms with van der Waals surface area (Å²) in [5.74, 6) is 3.78. The monoisotopic (exact) mass is 334 g/mol. The Labute approximate surface area is 121 Å². The van der Waals surface area contributed by atoms with E-state index in [2.05, 4.69) is 10.2 Å². The van der Waals surface area contributed by atoms with Gasteiger partial charge in [0.05, 0.1) is 16.7 Å². The van der Waals surface area contributed by atoms with Crippen molar-refractivity contribution in [3.8, 4) is 0 Å². The standard InChI is InChI=1S/C8H7FN6O4S2/c9-5-1-4(15(16)17)2-6(12-10)7(5)21(18,19)14-8-13-11-3-20-8/h1-3,12H,10H2,(H,13,14). The van der Waals surface area contributed by atoms with E-state index in [1.54, 1.807) is 0 Å².